The summed E-state index contributed by atoms with van der Waals surface area (Å²) in [5, 5.41) is 0. The van der Waals surface area contributed by atoms with Crippen molar-refractivity contribution in [1.82, 2.24) is 0 Å². The molecule has 0 saturated heterocycles. The molecule has 2 radical (unpaired) electrons. The third kappa shape index (κ3) is 9.42. The molecule has 0 rings (SSSR count). The first kappa shape index (κ1) is 24.3. The van der Waals surface area contributed by atoms with Crippen LogP contribution in [0.25, 0.3) is 0 Å². The van der Waals surface area contributed by atoms with E-state index < -0.39 is 0 Å². The van der Waals surface area contributed by atoms with Gasteiger partial charge in [-0.25, -0.2) is 0 Å². The molecular weight excluding hydrogens is 466 g/mol. The number of hydrogen-bond donors (Lipinski definition) is 0. The van der Waals surface area contributed by atoms with Gasteiger partial charge in [0.2, 0.25) is 0 Å². The Morgan fingerprint density at radius 3 is 1.00 bits per heavy atom. The molecule has 0 aromatic heterocycles. The second kappa shape index (κ2) is 15.7. The molecule has 0 bridgehead atoms. The van der Waals surface area contributed by atoms with Crippen LogP contribution in [0.1, 0.15) is 0 Å². The summed E-state index contributed by atoms with van der Waals surface area (Å²) in [6.07, 6.45) is 0. The van der Waals surface area contributed by atoms with Gasteiger partial charge in [0.15, 0.2) is 0 Å². The molecule has 0 nitrogen and oxygen atoms in total. The zero-order chi connectivity index (χ0) is 0. The molecule has 4 heteroatoms. The van der Waals surface area contributed by atoms with E-state index in [1.165, 1.54) is 0 Å². The predicted octanol–water partition coefficient (Wildman–Crippen LogP) is -2.75. The Morgan fingerprint density at radius 1 is 1.00 bits per heavy atom. The van der Waals surface area contributed by atoms with Crippen molar-refractivity contribution in [2.75, 3.05) is 0 Å². The maximum absolute atomic E-state index is 0. The Bertz CT molecular complexity index is 8.00. The van der Waals surface area contributed by atoms with Crippen LogP contribution in [0.15, 0.2) is 0 Å². The van der Waals surface area contributed by atoms with Gasteiger partial charge in [-0.1, -0.05) is 0 Å². The summed E-state index contributed by atoms with van der Waals surface area (Å²) in [5.74, 6) is 0. The topological polar surface area (TPSA) is 0 Å². The average molecular weight is 472 g/mol. The van der Waals surface area contributed by atoms with Crippen LogP contribution in [0.4, 0.5) is 0 Å². The fraction of sp³-hybridized carbons (Fsp3) is 0. The fourth-order valence-electron chi connectivity index (χ4n) is 0. The van der Waals surface area contributed by atoms with E-state index in [0.29, 0.717) is 0 Å². The fourth-order valence-corrected chi connectivity index (χ4v) is 0. The normalized spacial score (nSPS) is 0. The Hall–Kier alpha value is 4.08. The monoisotopic (exact) mass is 474 g/mol. The first-order valence-corrected chi connectivity index (χ1v) is 0. The SMILES string of the molecule is [CaH2].[Ce].[PbH2].[SeH2]. The minimum absolute atomic E-state index is 0. The molecular formula is H6CaCePbSe. The molecule has 0 saturated carbocycles. The Labute approximate surface area is 120 Å². The first-order valence-electron chi connectivity index (χ1n) is 0. The molecule has 0 unspecified atom stereocenters. The summed E-state index contributed by atoms with van der Waals surface area (Å²) in [7, 11) is 0. The van der Waals surface area contributed by atoms with Crippen molar-refractivity contribution >= 4 is 82.1 Å². The molecule has 0 fully saturated rings. The van der Waals surface area contributed by atoms with Crippen LogP contribution in [0, 0.1) is 41.7 Å². The summed E-state index contributed by atoms with van der Waals surface area (Å²) < 4.78 is 0. The van der Waals surface area contributed by atoms with Crippen molar-refractivity contribution in [2.24, 2.45) is 0 Å². The van der Waals surface area contributed by atoms with Crippen molar-refractivity contribution in [3.8, 4) is 0 Å². The van der Waals surface area contributed by atoms with Crippen molar-refractivity contribution in [1.29, 1.82) is 0 Å². The van der Waals surface area contributed by atoms with Crippen LogP contribution >= 0.6 is 0 Å². The van der Waals surface area contributed by atoms with Gasteiger partial charge in [-0.05, 0) is 0 Å². The van der Waals surface area contributed by atoms with E-state index in [1.807, 2.05) is 0 Å². The molecule has 0 atom stereocenters. The Balaban J connectivity index is 0. The van der Waals surface area contributed by atoms with Gasteiger partial charge in [0.25, 0.3) is 0 Å². The van der Waals surface area contributed by atoms with Crippen molar-refractivity contribution < 1.29 is 41.7 Å². The molecule has 0 aliphatic carbocycles. The molecule has 0 aromatic carbocycles. The Morgan fingerprint density at radius 2 is 1.00 bits per heavy atom. The predicted molar refractivity (Wildman–Crippen MR) is 25.6 cm³/mol. The van der Waals surface area contributed by atoms with Crippen LogP contribution in [-0.4, -0.2) is 82.1 Å². The molecule has 4 heavy (non-hydrogen) atoms. The quantitative estimate of drug-likeness (QED) is 0.336. The van der Waals surface area contributed by atoms with Gasteiger partial charge in [0, 0.05) is 41.7 Å². The summed E-state index contributed by atoms with van der Waals surface area (Å²) in [4.78, 5) is 0. The van der Waals surface area contributed by atoms with Gasteiger partial charge in [-0.3, -0.25) is 0 Å². The third-order valence-electron chi connectivity index (χ3n) is 0. The second-order valence-electron chi connectivity index (χ2n) is 0. The van der Waals surface area contributed by atoms with Crippen LogP contribution < -0.4 is 0 Å². The van der Waals surface area contributed by atoms with E-state index in [9.17, 15) is 0 Å². The van der Waals surface area contributed by atoms with Gasteiger partial charge in [0.1, 0.15) is 0 Å². The Kier molecular flexibility index (Phi) is 95.7. The van der Waals surface area contributed by atoms with Gasteiger partial charge < -0.3 is 0 Å². The zero-order valence-electron chi connectivity index (χ0n) is 1.71. The van der Waals surface area contributed by atoms with Crippen LogP contribution in [-0.2, 0) is 0 Å². The van der Waals surface area contributed by atoms with E-state index in [1.54, 1.807) is 0 Å². The van der Waals surface area contributed by atoms with E-state index >= 15 is 0 Å². The molecule has 0 heterocycles. The van der Waals surface area contributed by atoms with E-state index in [-0.39, 0.29) is 124 Å². The molecule has 22 valence electrons. The summed E-state index contributed by atoms with van der Waals surface area (Å²) in [6, 6.07) is 0. The zero-order valence-corrected chi connectivity index (χ0v) is 12.4. The van der Waals surface area contributed by atoms with E-state index in [4.69, 9.17) is 0 Å². The van der Waals surface area contributed by atoms with Crippen LogP contribution in [0.2, 0.25) is 0 Å². The molecule has 0 aromatic rings. The van der Waals surface area contributed by atoms with Gasteiger partial charge in [0.05, 0.1) is 0 Å². The second-order valence-corrected chi connectivity index (χ2v) is 0. The van der Waals surface area contributed by atoms with E-state index in [2.05, 4.69) is 0 Å². The van der Waals surface area contributed by atoms with Gasteiger partial charge >= 0.3 is 82.1 Å². The molecule has 0 N–H and O–H groups in total. The number of rotatable bonds is 0. The number of hydrogen-bond acceptors (Lipinski definition) is 0. The summed E-state index contributed by atoms with van der Waals surface area (Å²) in [6.45, 7) is 0. The van der Waals surface area contributed by atoms with Crippen LogP contribution in [0.3, 0.4) is 0 Å². The van der Waals surface area contributed by atoms with E-state index in [0.717, 1.165) is 0 Å². The van der Waals surface area contributed by atoms with Crippen molar-refractivity contribution in [3.05, 3.63) is 0 Å². The van der Waals surface area contributed by atoms with Crippen LogP contribution in [0.5, 0.6) is 0 Å². The molecule has 0 amide bonds. The third-order valence-corrected chi connectivity index (χ3v) is 0. The molecule has 0 aliphatic heterocycles. The summed E-state index contributed by atoms with van der Waals surface area (Å²) >= 11 is 0. The maximum atomic E-state index is 0. The average Bonchev–Trinajstić information content (AvgIpc) is 0. The minimum atomic E-state index is 0. The van der Waals surface area contributed by atoms with Crippen molar-refractivity contribution in [2.45, 2.75) is 0 Å². The molecule has 0 spiro atoms. The van der Waals surface area contributed by atoms with Crippen molar-refractivity contribution in [3.63, 3.8) is 0 Å². The van der Waals surface area contributed by atoms with Gasteiger partial charge in [-0.15, -0.1) is 0 Å². The van der Waals surface area contributed by atoms with Gasteiger partial charge in [-0.2, -0.15) is 0 Å². The summed E-state index contributed by atoms with van der Waals surface area (Å²) in [5.41, 5.74) is 0. The first-order chi connectivity index (χ1) is 0. The molecule has 0 aliphatic rings. The standard InChI is InChI=1S/Ca.Ce.Pb.H2Se.4H/h;;;1H2;;;;.